The Kier molecular flexibility index (Phi) is 4.85. The minimum absolute atomic E-state index is 0.248. The topological polar surface area (TPSA) is 78.3 Å². The number of carbonyl (C=O) groups is 1. The van der Waals surface area contributed by atoms with Gasteiger partial charge in [0, 0.05) is 5.54 Å². The predicted molar refractivity (Wildman–Crippen MR) is 47.5 cm³/mol. The van der Waals surface area contributed by atoms with Crippen LogP contribution in [0.1, 0.15) is 26.7 Å². The van der Waals surface area contributed by atoms with Crippen molar-refractivity contribution in [2.75, 3.05) is 13.2 Å². The van der Waals surface area contributed by atoms with E-state index >= 15 is 0 Å². The van der Waals surface area contributed by atoms with Crippen LogP contribution in [-0.2, 0) is 9.53 Å². The summed E-state index contributed by atoms with van der Waals surface area (Å²) in [6, 6.07) is 0. The third-order valence-corrected chi connectivity index (χ3v) is 1.21. The van der Waals surface area contributed by atoms with Gasteiger partial charge in [0.15, 0.2) is 0 Å². The molecule has 0 saturated heterocycles. The van der Waals surface area contributed by atoms with Crippen LogP contribution in [-0.4, -0.2) is 24.7 Å². The van der Waals surface area contributed by atoms with Gasteiger partial charge in [-0.1, -0.05) is 0 Å². The third-order valence-electron chi connectivity index (χ3n) is 1.21. The number of esters is 1. The molecule has 4 N–H and O–H groups in total. The molecule has 0 aliphatic heterocycles. The van der Waals surface area contributed by atoms with Gasteiger partial charge in [0.05, 0.1) is 13.0 Å². The first kappa shape index (κ1) is 11.4. The van der Waals surface area contributed by atoms with Crippen LogP contribution in [0.15, 0.2) is 0 Å². The third kappa shape index (κ3) is 7.50. The van der Waals surface area contributed by atoms with E-state index in [9.17, 15) is 4.79 Å². The van der Waals surface area contributed by atoms with Crippen molar-refractivity contribution in [3.05, 3.63) is 0 Å². The number of nitrogens with two attached hydrogens (primary N) is 2. The minimum atomic E-state index is -0.486. The summed E-state index contributed by atoms with van der Waals surface area (Å²) in [5.41, 5.74) is 10.4. The molecule has 0 aliphatic carbocycles. The van der Waals surface area contributed by atoms with E-state index in [2.05, 4.69) is 0 Å². The zero-order valence-electron chi connectivity index (χ0n) is 7.80. The van der Waals surface area contributed by atoms with Crippen molar-refractivity contribution in [2.45, 2.75) is 32.2 Å². The molecule has 0 spiro atoms. The lowest BCUT2D eigenvalue weighted by molar-refractivity contribution is -0.144. The number of ether oxygens (including phenoxy) is 1. The van der Waals surface area contributed by atoms with Gasteiger partial charge in [-0.2, -0.15) is 0 Å². The normalized spacial score (nSPS) is 11.3. The minimum Gasteiger partial charge on any atom is -0.466 e. The summed E-state index contributed by atoms with van der Waals surface area (Å²) in [5, 5.41) is 0. The van der Waals surface area contributed by atoms with E-state index in [1.54, 1.807) is 13.8 Å². The first-order valence-electron chi connectivity index (χ1n) is 4.10. The number of hydrogen-bond donors (Lipinski definition) is 2. The van der Waals surface area contributed by atoms with E-state index in [1.165, 1.54) is 0 Å². The molecule has 0 rings (SSSR count). The largest absolute Gasteiger partial charge is 0.466 e. The van der Waals surface area contributed by atoms with Crippen LogP contribution >= 0.6 is 0 Å². The molecule has 0 saturated carbocycles. The molecule has 4 heteroatoms. The summed E-state index contributed by atoms with van der Waals surface area (Å²) in [5.74, 6) is -0.254. The Morgan fingerprint density at radius 2 is 2.08 bits per heavy atom. The number of hydrogen-bond acceptors (Lipinski definition) is 4. The first-order valence-corrected chi connectivity index (χ1v) is 4.10. The quantitative estimate of drug-likeness (QED) is 0.454. The maximum atomic E-state index is 11.0. The lowest BCUT2D eigenvalue weighted by Gasteiger charge is -2.16. The van der Waals surface area contributed by atoms with Gasteiger partial charge in [-0.3, -0.25) is 4.79 Å². The first-order chi connectivity index (χ1) is 5.45. The van der Waals surface area contributed by atoms with Gasteiger partial charge in [-0.05, 0) is 26.8 Å². The summed E-state index contributed by atoms with van der Waals surface area (Å²) in [7, 11) is 0. The van der Waals surface area contributed by atoms with Crippen molar-refractivity contribution in [1.29, 1.82) is 0 Å². The number of carbonyl (C=O) groups excluding carboxylic acids is 1. The molecule has 0 bridgehead atoms. The molecule has 12 heavy (non-hydrogen) atoms. The van der Waals surface area contributed by atoms with Crippen molar-refractivity contribution in [3.8, 4) is 0 Å². The van der Waals surface area contributed by atoms with Gasteiger partial charge in [0.2, 0.25) is 0 Å². The summed E-state index contributed by atoms with van der Waals surface area (Å²) < 4.78 is 4.86. The maximum absolute atomic E-state index is 11.0. The smallest absolute Gasteiger partial charge is 0.307 e. The monoisotopic (exact) mass is 174 g/mol. The van der Waals surface area contributed by atoms with E-state index < -0.39 is 5.54 Å². The van der Waals surface area contributed by atoms with Crippen LogP contribution in [0, 0.1) is 0 Å². The van der Waals surface area contributed by atoms with Gasteiger partial charge in [0.1, 0.15) is 0 Å². The summed E-state index contributed by atoms with van der Waals surface area (Å²) >= 11 is 0. The van der Waals surface area contributed by atoms with Crippen LogP contribution in [0.4, 0.5) is 0 Å². The van der Waals surface area contributed by atoms with Crippen molar-refractivity contribution in [3.63, 3.8) is 0 Å². The Morgan fingerprint density at radius 3 is 2.50 bits per heavy atom. The average molecular weight is 174 g/mol. The van der Waals surface area contributed by atoms with Gasteiger partial charge >= 0.3 is 5.97 Å². The zero-order chi connectivity index (χ0) is 9.61. The van der Waals surface area contributed by atoms with Crippen molar-refractivity contribution in [1.82, 2.24) is 0 Å². The zero-order valence-corrected chi connectivity index (χ0v) is 7.80. The lowest BCUT2D eigenvalue weighted by Crippen LogP contribution is -2.35. The Bertz CT molecular complexity index is 140. The Morgan fingerprint density at radius 1 is 1.50 bits per heavy atom. The fraction of sp³-hybridized carbons (Fsp3) is 0.875. The summed E-state index contributed by atoms with van der Waals surface area (Å²) in [4.78, 5) is 11.0. The maximum Gasteiger partial charge on any atom is 0.307 e. The fourth-order valence-electron chi connectivity index (χ4n) is 0.692. The Balaban J connectivity index is 3.47. The second-order valence-corrected chi connectivity index (χ2v) is 3.53. The summed E-state index contributed by atoms with van der Waals surface area (Å²) in [6.07, 6.45) is 0.953. The molecule has 0 aliphatic rings. The molecule has 0 atom stereocenters. The molecule has 0 aromatic rings. The molecular weight excluding hydrogens is 156 g/mol. The highest BCUT2D eigenvalue weighted by Gasteiger charge is 2.16. The van der Waals surface area contributed by atoms with Gasteiger partial charge in [-0.15, -0.1) is 0 Å². The van der Waals surface area contributed by atoms with E-state index in [0.717, 1.165) is 0 Å². The number of rotatable bonds is 5. The van der Waals surface area contributed by atoms with Crippen LogP contribution in [0.25, 0.3) is 0 Å². The molecule has 0 fully saturated rings. The fourth-order valence-corrected chi connectivity index (χ4v) is 0.692. The molecular formula is C8H18N2O2. The highest BCUT2D eigenvalue weighted by atomic mass is 16.5. The van der Waals surface area contributed by atoms with E-state index in [-0.39, 0.29) is 12.4 Å². The lowest BCUT2D eigenvalue weighted by atomic mass is 10.0. The van der Waals surface area contributed by atoms with Gasteiger partial charge in [0.25, 0.3) is 0 Å². The molecule has 4 nitrogen and oxygen atoms in total. The molecule has 0 amide bonds. The van der Waals surface area contributed by atoms with Crippen LogP contribution < -0.4 is 11.5 Å². The standard InChI is InChI=1S/C8H18N2O2/c1-8(2,10)6-7(11)12-5-3-4-9/h3-6,9-10H2,1-2H3. The van der Waals surface area contributed by atoms with Crippen molar-refractivity contribution >= 4 is 5.97 Å². The average Bonchev–Trinajstić information content (AvgIpc) is 1.84. The summed E-state index contributed by atoms with van der Waals surface area (Å²) in [6.45, 7) is 4.51. The highest BCUT2D eigenvalue weighted by Crippen LogP contribution is 2.04. The van der Waals surface area contributed by atoms with Crippen molar-refractivity contribution < 1.29 is 9.53 Å². The molecule has 0 radical (unpaired) electrons. The van der Waals surface area contributed by atoms with E-state index in [4.69, 9.17) is 16.2 Å². The molecule has 0 unspecified atom stereocenters. The predicted octanol–water partition coefficient (Wildman–Crippen LogP) is 0.00580. The second kappa shape index (κ2) is 5.11. The van der Waals surface area contributed by atoms with Gasteiger partial charge < -0.3 is 16.2 Å². The molecule has 0 heterocycles. The van der Waals surface area contributed by atoms with Crippen LogP contribution in [0.5, 0.6) is 0 Å². The molecule has 0 aromatic heterocycles. The Labute approximate surface area is 73.2 Å². The van der Waals surface area contributed by atoms with Crippen LogP contribution in [0.2, 0.25) is 0 Å². The highest BCUT2D eigenvalue weighted by molar-refractivity contribution is 5.70. The molecule has 72 valence electrons. The van der Waals surface area contributed by atoms with E-state index in [0.29, 0.717) is 19.6 Å². The SMILES string of the molecule is CC(C)(N)CC(=O)OCCCN. The van der Waals surface area contributed by atoms with Gasteiger partial charge in [-0.25, -0.2) is 0 Å². The second-order valence-electron chi connectivity index (χ2n) is 3.53. The van der Waals surface area contributed by atoms with E-state index in [1.807, 2.05) is 0 Å². The Hall–Kier alpha value is -0.610. The van der Waals surface area contributed by atoms with Crippen LogP contribution in [0.3, 0.4) is 0 Å². The van der Waals surface area contributed by atoms with Crippen molar-refractivity contribution in [2.24, 2.45) is 11.5 Å². The molecule has 0 aromatic carbocycles.